The van der Waals surface area contributed by atoms with Crippen LogP contribution in [0.25, 0.3) is 5.65 Å². The highest BCUT2D eigenvalue weighted by atomic mass is 35.5. The van der Waals surface area contributed by atoms with E-state index in [9.17, 15) is 0 Å². The van der Waals surface area contributed by atoms with E-state index in [1.54, 1.807) is 12.4 Å². The lowest BCUT2D eigenvalue weighted by Crippen LogP contribution is -2.45. The van der Waals surface area contributed by atoms with Crippen LogP contribution in [0, 0.1) is 0 Å². The summed E-state index contributed by atoms with van der Waals surface area (Å²) in [6.45, 7) is 3.77. The SMILES string of the molecule is Clc1cccc(C2CNCCN2Cc2cnc3cnccn23)c1. The number of halogens is 1. The van der Waals surface area contributed by atoms with Crippen LogP contribution < -0.4 is 5.32 Å². The van der Waals surface area contributed by atoms with Crippen molar-refractivity contribution in [3.05, 3.63) is 65.3 Å². The summed E-state index contributed by atoms with van der Waals surface area (Å²) in [5.74, 6) is 0. The molecule has 0 bridgehead atoms. The normalized spacial score (nSPS) is 19.3. The van der Waals surface area contributed by atoms with E-state index in [2.05, 4.69) is 36.7 Å². The predicted octanol–water partition coefficient (Wildman–Crippen LogP) is 2.53. The van der Waals surface area contributed by atoms with Gasteiger partial charge in [0.2, 0.25) is 0 Å². The summed E-state index contributed by atoms with van der Waals surface area (Å²) in [5.41, 5.74) is 3.31. The lowest BCUT2D eigenvalue weighted by Gasteiger charge is -2.36. The van der Waals surface area contributed by atoms with Crippen LogP contribution in [0.1, 0.15) is 17.3 Å². The zero-order chi connectivity index (χ0) is 15.6. The fourth-order valence-electron chi connectivity index (χ4n) is 3.20. The van der Waals surface area contributed by atoms with Gasteiger partial charge in [-0.1, -0.05) is 23.7 Å². The Morgan fingerprint density at radius 2 is 2.26 bits per heavy atom. The third-order valence-electron chi connectivity index (χ3n) is 4.35. The van der Waals surface area contributed by atoms with Crippen molar-refractivity contribution < 1.29 is 0 Å². The summed E-state index contributed by atoms with van der Waals surface area (Å²) in [6, 6.07) is 8.46. The van der Waals surface area contributed by atoms with E-state index in [1.165, 1.54) is 11.3 Å². The zero-order valence-electron chi connectivity index (χ0n) is 12.7. The van der Waals surface area contributed by atoms with Gasteiger partial charge in [0, 0.05) is 49.6 Å². The molecule has 0 radical (unpaired) electrons. The highest BCUT2D eigenvalue weighted by Crippen LogP contribution is 2.26. The maximum absolute atomic E-state index is 6.17. The van der Waals surface area contributed by atoms with E-state index in [4.69, 9.17) is 11.6 Å². The van der Waals surface area contributed by atoms with Gasteiger partial charge in [-0.05, 0) is 17.7 Å². The second-order valence-corrected chi connectivity index (χ2v) is 6.24. The van der Waals surface area contributed by atoms with Crippen molar-refractivity contribution in [1.29, 1.82) is 0 Å². The summed E-state index contributed by atoms with van der Waals surface area (Å²) in [4.78, 5) is 11.0. The fourth-order valence-corrected chi connectivity index (χ4v) is 3.40. The molecule has 1 N–H and O–H groups in total. The summed E-state index contributed by atoms with van der Waals surface area (Å²) < 4.78 is 2.10. The van der Waals surface area contributed by atoms with E-state index in [-0.39, 0.29) is 0 Å². The van der Waals surface area contributed by atoms with Crippen LogP contribution in [0.15, 0.2) is 49.1 Å². The quantitative estimate of drug-likeness (QED) is 0.803. The topological polar surface area (TPSA) is 45.5 Å². The Balaban J connectivity index is 1.63. The van der Waals surface area contributed by atoms with Gasteiger partial charge in [0.05, 0.1) is 18.1 Å². The molecule has 1 fully saturated rings. The molecule has 1 unspecified atom stereocenters. The molecule has 23 heavy (non-hydrogen) atoms. The maximum atomic E-state index is 6.17. The molecule has 5 nitrogen and oxygen atoms in total. The Morgan fingerprint density at radius 1 is 1.30 bits per heavy atom. The van der Waals surface area contributed by atoms with Gasteiger partial charge in [0.15, 0.2) is 5.65 Å². The first-order valence-corrected chi connectivity index (χ1v) is 8.15. The summed E-state index contributed by atoms with van der Waals surface area (Å²) in [7, 11) is 0. The fraction of sp³-hybridized carbons (Fsp3) is 0.294. The number of aromatic nitrogens is 3. The second kappa shape index (κ2) is 6.28. The van der Waals surface area contributed by atoms with Crippen LogP contribution in [-0.4, -0.2) is 38.9 Å². The molecule has 1 saturated heterocycles. The number of rotatable bonds is 3. The van der Waals surface area contributed by atoms with E-state index in [1.807, 2.05) is 24.5 Å². The zero-order valence-corrected chi connectivity index (χ0v) is 13.4. The summed E-state index contributed by atoms with van der Waals surface area (Å²) in [6.07, 6.45) is 7.49. The van der Waals surface area contributed by atoms with Crippen LogP contribution in [0.4, 0.5) is 0 Å². The minimum Gasteiger partial charge on any atom is -0.314 e. The van der Waals surface area contributed by atoms with E-state index >= 15 is 0 Å². The van der Waals surface area contributed by atoms with Crippen molar-refractivity contribution in [2.75, 3.05) is 19.6 Å². The van der Waals surface area contributed by atoms with Crippen LogP contribution in [0.2, 0.25) is 5.02 Å². The van der Waals surface area contributed by atoms with Gasteiger partial charge in [0.1, 0.15) is 0 Å². The minimum atomic E-state index is 0.315. The molecule has 6 heteroatoms. The first-order chi connectivity index (χ1) is 11.3. The molecule has 3 heterocycles. The van der Waals surface area contributed by atoms with E-state index in [0.29, 0.717) is 6.04 Å². The summed E-state index contributed by atoms with van der Waals surface area (Å²) in [5, 5.41) is 4.27. The Morgan fingerprint density at radius 3 is 3.17 bits per heavy atom. The van der Waals surface area contributed by atoms with E-state index < -0.39 is 0 Å². The standard InChI is InChI=1S/C17H18ClN5/c18-14-3-1-2-13(8-14)16-10-19-4-6-22(16)12-15-9-21-17-11-20-5-7-23(15)17/h1-3,5,7-9,11,16,19H,4,6,10,12H2. The van der Waals surface area contributed by atoms with Crippen molar-refractivity contribution in [1.82, 2.24) is 24.6 Å². The molecule has 0 amide bonds. The predicted molar refractivity (Wildman–Crippen MR) is 90.5 cm³/mol. The van der Waals surface area contributed by atoms with Gasteiger partial charge in [-0.3, -0.25) is 14.3 Å². The number of nitrogens with zero attached hydrogens (tertiary/aromatic N) is 4. The molecule has 2 aromatic heterocycles. The largest absolute Gasteiger partial charge is 0.314 e. The molecule has 1 aliphatic heterocycles. The summed E-state index contributed by atoms with van der Waals surface area (Å²) >= 11 is 6.17. The van der Waals surface area contributed by atoms with Crippen LogP contribution in [0.5, 0.6) is 0 Å². The van der Waals surface area contributed by atoms with Gasteiger partial charge >= 0.3 is 0 Å². The Labute approximate surface area is 139 Å². The maximum Gasteiger partial charge on any atom is 0.155 e. The number of nitrogens with one attached hydrogen (secondary N) is 1. The van der Waals surface area contributed by atoms with Crippen molar-refractivity contribution in [3.8, 4) is 0 Å². The van der Waals surface area contributed by atoms with Gasteiger partial charge < -0.3 is 5.32 Å². The Hall–Kier alpha value is -1.95. The number of benzene rings is 1. The van der Waals surface area contributed by atoms with Gasteiger partial charge in [-0.15, -0.1) is 0 Å². The average molecular weight is 328 g/mol. The first-order valence-electron chi connectivity index (χ1n) is 7.77. The van der Waals surface area contributed by atoms with Crippen LogP contribution in [0.3, 0.4) is 0 Å². The number of hydrogen-bond acceptors (Lipinski definition) is 4. The molecular formula is C17H18ClN5. The molecule has 118 valence electrons. The molecule has 1 atom stereocenters. The molecule has 0 saturated carbocycles. The Bertz CT molecular complexity index is 815. The van der Waals surface area contributed by atoms with Gasteiger partial charge in [-0.25, -0.2) is 4.98 Å². The molecule has 0 aliphatic carbocycles. The van der Waals surface area contributed by atoms with Crippen LogP contribution >= 0.6 is 11.6 Å². The average Bonchev–Trinajstić information content (AvgIpc) is 2.99. The van der Waals surface area contributed by atoms with Crippen molar-refractivity contribution in [2.45, 2.75) is 12.6 Å². The highest BCUT2D eigenvalue weighted by molar-refractivity contribution is 6.30. The molecule has 3 aromatic rings. The molecule has 0 spiro atoms. The smallest absolute Gasteiger partial charge is 0.155 e. The number of piperazine rings is 1. The second-order valence-electron chi connectivity index (χ2n) is 5.80. The minimum absolute atomic E-state index is 0.315. The number of fused-ring (bicyclic) bond motifs is 1. The number of imidazole rings is 1. The third kappa shape index (κ3) is 2.95. The molecule has 1 aliphatic rings. The van der Waals surface area contributed by atoms with Crippen molar-refractivity contribution in [2.24, 2.45) is 0 Å². The number of hydrogen-bond donors (Lipinski definition) is 1. The van der Waals surface area contributed by atoms with Crippen molar-refractivity contribution in [3.63, 3.8) is 0 Å². The third-order valence-corrected chi connectivity index (χ3v) is 4.58. The lowest BCUT2D eigenvalue weighted by atomic mass is 10.0. The van der Waals surface area contributed by atoms with Crippen molar-refractivity contribution >= 4 is 17.2 Å². The molecular weight excluding hydrogens is 310 g/mol. The van der Waals surface area contributed by atoms with Gasteiger partial charge in [-0.2, -0.15) is 0 Å². The Kier molecular flexibility index (Phi) is 3.99. The van der Waals surface area contributed by atoms with Gasteiger partial charge in [0.25, 0.3) is 0 Å². The first kappa shape index (κ1) is 14.6. The molecule has 1 aromatic carbocycles. The monoisotopic (exact) mass is 327 g/mol. The van der Waals surface area contributed by atoms with E-state index in [0.717, 1.165) is 36.8 Å². The molecule has 4 rings (SSSR count). The lowest BCUT2D eigenvalue weighted by molar-refractivity contribution is 0.151. The highest BCUT2D eigenvalue weighted by Gasteiger charge is 2.24. The van der Waals surface area contributed by atoms with Crippen LogP contribution in [-0.2, 0) is 6.54 Å².